The predicted octanol–water partition coefficient (Wildman–Crippen LogP) is 6.03. The number of allylic oxidation sites excluding steroid dienone is 2. The van der Waals surface area contributed by atoms with Crippen molar-refractivity contribution in [3.05, 3.63) is 90.8 Å². The molecule has 0 saturated carbocycles. The first-order valence-corrected chi connectivity index (χ1v) is 11.5. The van der Waals surface area contributed by atoms with E-state index >= 15 is 0 Å². The highest BCUT2D eigenvalue weighted by atomic mass is 16.3. The van der Waals surface area contributed by atoms with Crippen LogP contribution >= 0.6 is 0 Å². The summed E-state index contributed by atoms with van der Waals surface area (Å²) in [6.07, 6.45) is 7.24. The van der Waals surface area contributed by atoms with Gasteiger partial charge < -0.3 is 14.2 Å². The van der Waals surface area contributed by atoms with Crippen molar-refractivity contribution in [3.8, 4) is 0 Å². The number of para-hydroxylation sites is 4. The van der Waals surface area contributed by atoms with Crippen molar-refractivity contribution in [2.45, 2.75) is 44.4 Å². The third-order valence-electron chi connectivity index (χ3n) is 6.78. The Balaban J connectivity index is 1.38. The van der Waals surface area contributed by atoms with Crippen molar-refractivity contribution in [1.82, 2.24) is 14.1 Å². The molecule has 2 heterocycles. The van der Waals surface area contributed by atoms with E-state index in [1.807, 2.05) is 6.07 Å². The van der Waals surface area contributed by atoms with E-state index in [0.29, 0.717) is 19.0 Å². The molecule has 0 bridgehead atoms. The molecule has 2 atom stereocenters. The number of aliphatic hydroxyl groups is 1. The minimum absolute atomic E-state index is 0.410. The zero-order valence-electron chi connectivity index (χ0n) is 18.1. The van der Waals surface area contributed by atoms with Gasteiger partial charge in [0, 0.05) is 27.7 Å². The van der Waals surface area contributed by atoms with Crippen LogP contribution in [0.25, 0.3) is 32.8 Å². The molecule has 4 nitrogen and oxygen atoms in total. The normalized spacial score (nSPS) is 17.5. The second-order valence-corrected chi connectivity index (χ2v) is 8.85. The summed E-state index contributed by atoms with van der Waals surface area (Å²) < 4.78 is 4.52. The summed E-state index contributed by atoms with van der Waals surface area (Å²) in [6.45, 7) is 1.08. The maximum absolute atomic E-state index is 11.3. The topological polar surface area (TPSA) is 43.0 Å². The van der Waals surface area contributed by atoms with Gasteiger partial charge in [0.05, 0.1) is 30.2 Å². The Morgan fingerprint density at radius 3 is 2.09 bits per heavy atom. The summed E-state index contributed by atoms with van der Waals surface area (Å²) in [4.78, 5) is 5.00. The van der Waals surface area contributed by atoms with Crippen LogP contribution in [0.1, 0.15) is 31.0 Å². The number of fused-ring (bicyclic) bond motifs is 4. The van der Waals surface area contributed by atoms with E-state index in [4.69, 9.17) is 4.98 Å². The lowest BCUT2D eigenvalue weighted by molar-refractivity contribution is 0.137. The lowest BCUT2D eigenvalue weighted by Crippen LogP contribution is -2.24. The molecule has 6 rings (SSSR count). The fourth-order valence-electron chi connectivity index (χ4n) is 5.31. The largest absolute Gasteiger partial charge is 0.389 e. The van der Waals surface area contributed by atoms with Crippen molar-refractivity contribution in [1.29, 1.82) is 0 Å². The van der Waals surface area contributed by atoms with Gasteiger partial charge in [0.2, 0.25) is 0 Å². The van der Waals surface area contributed by atoms with Gasteiger partial charge in [-0.05, 0) is 43.5 Å². The maximum atomic E-state index is 11.3. The molecule has 1 aliphatic carbocycles. The second-order valence-electron chi connectivity index (χ2n) is 8.85. The number of hydrogen-bond donors (Lipinski definition) is 1. The van der Waals surface area contributed by atoms with Crippen molar-refractivity contribution in [2.24, 2.45) is 0 Å². The van der Waals surface area contributed by atoms with Crippen LogP contribution in [-0.2, 0) is 13.1 Å². The first kappa shape index (κ1) is 19.3. The molecule has 2 unspecified atom stereocenters. The van der Waals surface area contributed by atoms with Gasteiger partial charge in [-0.3, -0.25) is 0 Å². The molecular formula is C28H27N3O. The number of hydrogen-bond acceptors (Lipinski definition) is 2. The zero-order chi connectivity index (χ0) is 21.5. The highest BCUT2D eigenvalue weighted by Crippen LogP contribution is 2.32. The van der Waals surface area contributed by atoms with Crippen LogP contribution in [0, 0.1) is 0 Å². The minimum atomic E-state index is -0.523. The molecule has 32 heavy (non-hydrogen) atoms. The monoisotopic (exact) mass is 421 g/mol. The average molecular weight is 422 g/mol. The second kappa shape index (κ2) is 7.95. The molecule has 160 valence electrons. The number of benzene rings is 3. The Kier molecular flexibility index (Phi) is 4.80. The SMILES string of the molecule is OC(Cn1c(C2CC=CCC2)nc2ccccc21)Cn1c2ccccc2c2ccccc21. The first-order valence-electron chi connectivity index (χ1n) is 11.5. The van der Waals surface area contributed by atoms with Crippen molar-refractivity contribution < 1.29 is 5.11 Å². The average Bonchev–Trinajstić information content (AvgIpc) is 3.36. The molecular weight excluding hydrogens is 394 g/mol. The number of aromatic nitrogens is 3. The van der Waals surface area contributed by atoms with E-state index in [1.165, 1.54) is 21.8 Å². The van der Waals surface area contributed by atoms with Gasteiger partial charge in [-0.25, -0.2) is 4.98 Å². The number of rotatable bonds is 5. The lowest BCUT2D eigenvalue weighted by atomic mass is 9.93. The molecule has 5 aromatic rings. The first-order chi connectivity index (χ1) is 15.8. The van der Waals surface area contributed by atoms with Crippen LogP contribution in [0.15, 0.2) is 84.9 Å². The summed E-state index contributed by atoms with van der Waals surface area (Å²) in [6, 6.07) is 25.2. The quantitative estimate of drug-likeness (QED) is 0.352. The van der Waals surface area contributed by atoms with E-state index < -0.39 is 6.10 Å². The van der Waals surface area contributed by atoms with Crippen LogP contribution in [0.4, 0.5) is 0 Å². The van der Waals surface area contributed by atoms with Crippen LogP contribution in [0.3, 0.4) is 0 Å². The summed E-state index contributed by atoms with van der Waals surface area (Å²) in [7, 11) is 0. The molecule has 0 saturated heterocycles. The molecule has 1 N–H and O–H groups in total. The molecule has 0 radical (unpaired) electrons. The van der Waals surface area contributed by atoms with E-state index in [9.17, 15) is 5.11 Å². The third kappa shape index (κ3) is 3.23. The molecule has 1 aliphatic rings. The standard InChI is InChI=1S/C28H27N3O/c32-21(18-30-25-15-7-4-12-22(25)23-13-5-8-16-26(23)30)19-31-27-17-9-6-14-24(27)29-28(31)20-10-2-1-3-11-20/h1-2,4-9,12-17,20-21,32H,3,10-11,18-19H2. The van der Waals surface area contributed by atoms with Crippen molar-refractivity contribution >= 4 is 32.8 Å². The van der Waals surface area contributed by atoms with Crippen LogP contribution in [0.5, 0.6) is 0 Å². The molecule has 0 spiro atoms. The van der Waals surface area contributed by atoms with Crippen molar-refractivity contribution in [3.63, 3.8) is 0 Å². The summed E-state index contributed by atoms with van der Waals surface area (Å²) in [5.41, 5.74) is 4.46. The van der Waals surface area contributed by atoms with E-state index in [-0.39, 0.29) is 0 Å². The molecule has 2 aromatic heterocycles. The van der Waals surface area contributed by atoms with Gasteiger partial charge >= 0.3 is 0 Å². The Bertz CT molecular complexity index is 1390. The fraction of sp³-hybridized carbons (Fsp3) is 0.250. The Labute approximate surface area is 187 Å². The van der Waals surface area contributed by atoms with Gasteiger partial charge in [-0.1, -0.05) is 60.7 Å². The molecule has 3 aromatic carbocycles. The van der Waals surface area contributed by atoms with Gasteiger partial charge in [-0.2, -0.15) is 0 Å². The van der Waals surface area contributed by atoms with Gasteiger partial charge in [0.25, 0.3) is 0 Å². The number of imidazole rings is 1. The van der Waals surface area contributed by atoms with E-state index in [1.54, 1.807) is 0 Å². The molecule has 4 heteroatoms. The fourth-order valence-corrected chi connectivity index (χ4v) is 5.31. The van der Waals surface area contributed by atoms with Crippen LogP contribution < -0.4 is 0 Å². The van der Waals surface area contributed by atoms with E-state index in [2.05, 4.69) is 88.0 Å². The Hall–Kier alpha value is -3.37. The van der Waals surface area contributed by atoms with Crippen LogP contribution in [0.2, 0.25) is 0 Å². The summed E-state index contributed by atoms with van der Waals surface area (Å²) in [5, 5.41) is 13.8. The highest BCUT2D eigenvalue weighted by molar-refractivity contribution is 6.07. The molecule has 0 fully saturated rings. The summed E-state index contributed by atoms with van der Waals surface area (Å²) in [5.74, 6) is 1.52. The number of nitrogens with zero attached hydrogens (tertiary/aromatic N) is 3. The zero-order valence-corrected chi connectivity index (χ0v) is 18.1. The highest BCUT2D eigenvalue weighted by Gasteiger charge is 2.22. The van der Waals surface area contributed by atoms with E-state index in [0.717, 1.165) is 36.1 Å². The number of aliphatic hydroxyl groups excluding tert-OH is 1. The summed E-state index contributed by atoms with van der Waals surface area (Å²) >= 11 is 0. The van der Waals surface area contributed by atoms with Gasteiger partial charge in [-0.15, -0.1) is 0 Å². The lowest BCUT2D eigenvalue weighted by Gasteiger charge is -2.21. The Morgan fingerprint density at radius 2 is 1.41 bits per heavy atom. The molecule has 0 amide bonds. The smallest absolute Gasteiger partial charge is 0.113 e. The molecule has 0 aliphatic heterocycles. The maximum Gasteiger partial charge on any atom is 0.113 e. The minimum Gasteiger partial charge on any atom is -0.389 e. The Morgan fingerprint density at radius 1 is 0.781 bits per heavy atom. The third-order valence-corrected chi connectivity index (χ3v) is 6.78. The van der Waals surface area contributed by atoms with Gasteiger partial charge in [0.1, 0.15) is 5.82 Å². The van der Waals surface area contributed by atoms with Crippen molar-refractivity contribution in [2.75, 3.05) is 0 Å². The predicted molar refractivity (Wildman–Crippen MR) is 131 cm³/mol. The van der Waals surface area contributed by atoms with Crippen LogP contribution in [-0.4, -0.2) is 25.3 Å². The van der Waals surface area contributed by atoms with Gasteiger partial charge in [0.15, 0.2) is 0 Å².